The standard InChI is InChI=1S/C9H20O2/c1-5-7(6-2)8(10)9(3,4)11/h7-8,10-11H,5-6H2,1-4H3. The summed E-state index contributed by atoms with van der Waals surface area (Å²) in [7, 11) is 0. The zero-order valence-electron chi connectivity index (χ0n) is 7.96. The van der Waals surface area contributed by atoms with E-state index in [4.69, 9.17) is 0 Å². The van der Waals surface area contributed by atoms with Crippen molar-refractivity contribution in [2.45, 2.75) is 52.2 Å². The van der Waals surface area contributed by atoms with E-state index in [-0.39, 0.29) is 5.92 Å². The third-order valence-electron chi connectivity index (χ3n) is 2.22. The van der Waals surface area contributed by atoms with Gasteiger partial charge in [-0.05, 0) is 19.8 Å². The van der Waals surface area contributed by atoms with Crippen molar-refractivity contribution < 1.29 is 10.2 Å². The number of rotatable bonds is 4. The molecule has 0 saturated heterocycles. The van der Waals surface area contributed by atoms with E-state index in [1.165, 1.54) is 0 Å². The van der Waals surface area contributed by atoms with Crippen LogP contribution in [0.5, 0.6) is 0 Å². The maximum absolute atomic E-state index is 9.60. The molecule has 0 fully saturated rings. The summed E-state index contributed by atoms with van der Waals surface area (Å²) in [6.07, 6.45) is 1.24. The lowest BCUT2D eigenvalue weighted by Gasteiger charge is -2.30. The van der Waals surface area contributed by atoms with Gasteiger partial charge in [0.05, 0.1) is 11.7 Å². The summed E-state index contributed by atoms with van der Waals surface area (Å²) >= 11 is 0. The average molecular weight is 160 g/mol. The number of aliphatic hydroxyl groups excluding tert-OH is 1. The maximum Gasteiger partial charge on any atom is 0.0852 e. The van der Waals surface area contributed by atoms with Gasteiger partial charge in [-0.3, -0.25) is 0 Å². The lowest BCUT2D eigenvalue weighted by molar-refractivity contribution is -0.0781. The van der Waals surface area contributed by atoms with Crippen LogP contribution in [0.1, 0.15) is 40.5 Å². The fourth-order valence-corrected chi connectivity index (χ4v) is 1.31. The van der Waals surface area contributed by atoms with Crippen molar-refractivity contribution in [1.29, 1.82) is 0 Å². The summed E-state index contributed by atoms with van der Waals surface area (Å²) in [6.45, 7) is 7.36. The van der Waals surface area contributed by atoms with Crippen molar-refractivity contribution in [2.24, 2.45) is 5.92 Å². The van der Waals surface area contributed by atoms with Crippen LogP contribution in [0.4, 0.5) is 0 Å². The van der Waals surface area contributed by atoms with Crippen molar-refractivity contribution >= 4 is 0 Å². The molecule has 1 unspecified atom stereocenters. The molecule has 0 bridgehead atoms. The fourth-order valence-electron chi connectivity index (χ4n) is 1.31. The maximum atomic E-state index is 9.60. The van der Waals surface area contributed by atoms with E-state index in [1.807, 2.05) is 13.8 Å². The Hall–Kier alpha value is -0.0800. The Balaban J connectivity index is 4.09. The molecular weight excluding hydrogens is 140 g/mol. The second-order valence-corrected chi connectivity index (χ2v) is 3.68. The van der Waals surface area contributed by atoms with Gasteiger partial charge >= 0.3 is 0 Å². The second kappa shape index (κ2) is 4.07. The average Bonchev–Trinajstić information content (AvgIpc) is 1.88. The summed E-state index contributed by atoms with van der Waals surface area (Å²) in [4.78, 5) is 0. The minimum Gasteiger partial charge on any atom is -0.390 e. The third-order valence-corrected chi connectivity index (χ3v) is 2.22. The molecule has 2 nitrogen and oxygen atoms in total. The van der Waals surface area contributed by atoms with Gasteiger partial charge < -0.3 is 10.2 Å². The van der Waals surface area contributed by atoms with E-state index in [0.717, 1.165) is 12.8 Å². The van der Waals surface area contributed by atoms with Gasteiger partial charge in [0.1, 0.15) is 0 Å². The van der Waals surface area contributed by atoms with Crippen molar-refractivity contribution in [1.82, 2.24) is 0 Å². The Morgan fingerprint density at radius 1 is 1.18 bits per heavy atom. The van der Waals surface area contributed by atoms with Gasteiger partial charge in [0, 0.05) is 0 Å². The lowest BCUT2D eigenvalue weighted by atomic mass is 9.86. The molecule has 0 spiro atoms. The summed E-state index contributed by atoms with van der Waals surface area (Å²) in [5, 5.41) is 19.1. The van der Waals surface area contributed by atoms with Gasteiger partial charge in [-0.1, -0.05) is 26.7 Å². The normalized spacial score (nSPS) is 15.5. The Morgan fingerprint density at radius 3 is 1.64 bits per heavy atom. The summed E-state index contributed by atoms with van der Waals surface area (Å²) in [5.74, 6) is 0.218. The molecule has 0 heterocycles. The number of hydrogen-bond acceptors (Lipinski definition) is 2. The molecule has 0 saturated carbocycles. The molecule has 0 radical (unpaired) electrons. The Labute approximate surface area is 69.2 Å². The monoisotopic (exact) mass is 160 g/mol. The number of aliphatic hydroxyl groups is 2. The predicted molar refractivity (Wildman–Crippen MR) is 46.4 cm³/mol. The molecule has 0 aromatic heterocycles. The van der Waals surface area contributed by atoms with Gasteiger partial charge in [-0.25, -0.2) is 0 Å². The molecule has 0 rings (SSSR count). The molecule has 0 aromatic rings. The minimum absolute atomic E-state index is 0.218. The van der Waals surface area contributed by atoms with Crippen LogP contribution in [0, 0.1) is 5.92 Å². The highest BCUT2D eigenvalue weighted by Crippen LogP contribution is 2.22. The minimum atomic E-state index is -0.962. The van der Waals surface area contributed by atoms with Crippen LogP contribution >= 0.6 is 0 Å². The first kappa shape index (κ1) is 10.9. The molecule has 2 N–H and O–H groups in total. The molecule has 0 aliphatic carbocycles. The molecule has 0 amide bonds. The van der Waals surface area contributed by atoms with E-state index in [0.29, 0.717) is 0 Å². The van der Waals surface area contributed by atoms with Crippen LogP contribution in [0.2, 0.25) is 0 Å². The number of hydrogen-bond donors (Lipinski definition) is 2. The zero-order chi connectivity index (χ0) is 9.07. The van der Waals surface area contributed by atoms with Gasteiger partial charge in [-0.15, -0.1) is 0 Å². The van der Waals surface area contributed by atoms with E-state index in [2.05, 4.69) is 0 Å². The highest BCUT2D eigenvalue weighted by molar-refractivity contribution is 4.81. The fraction of sp³-hybridized carbons (Fsp3) is 1.00. The molecule has 68 valence electrons. The molecule has 0 aliphatic heterocycles. The van der Waals surface area contributed by atoms with E-state index in [1.54, 1.807) is 13.8 Å². The van der Waals surface area contributed by atoms with Gasteiger partial charge in [0.2, 0.25) is 0 Å². The van der Waals surface area contributed by atoms with Gasteiger partial charge in [0.25, 0.3) is 0 Å². The highest BCUT2D eigenvalue weighted by Gasteiger charge is 2.29. The molecule has 2 heteroatoms. The third kappa shape index (κ3) is 3.21. The SMILES string of the molecule is CCC(CC)C(O)C(C)(C)O. The zero-order valence-corrected chi connectivity index (χ0v) is 7.96. The summed E-state index contributed by atoms with van der Waals surface area (Å²) in [6, 6.07) is 0. The van der Waals surface area contributed by atoms with Gasteiger partial charge in [-0.2, -0.15) is 0 Å². The molecule has 0 aromatic carbocycles. The first-order valence-corrected chi connectivity index (χ1v) is 4.33. The molecule has 0 aliphatic rings. The van der Waals surface area contributed by atoms with Crippen molar-refractivity contribution in [2.75, 3.05) is 0 Å². The second-order valence-electron chi connectivity index (χ2n) is 3.68. The van der Waals surface area contributed by atoms with E-state index in [9.17, 15) is 10.2 Å². The Kier molecular flexibility index (Phi) is 4.04. The topological polar surface area (TPSA) is 40.5 Å². The van der Waals surface area contributed by atoms with Crippen LogP contribution < -0.4 is 0 Å². The molecule has 11 heavy (non-hydrogen) atoms. The smallest absolute Gasteiger partial charge is 0.0852 e. The van der Waals surface area contributed by atoms with Crippen LogP contribution in [0.25, 0.3) is 0 Å². The quantitative estimate of drug-likeness (QED) is 0.655. The van der Waals surface area contributed by atoms with Crippen LogP contribution in [0.3, 0.4) is 0 Å². The largest absolute Gasteiger partial charge is 0.390 e. The summed E-state index contributed by atoms with van der Waals surface area (Å²) < 4.78 is 0. The van der Waals surface area contributed by atoms with Gasteiger partial charge in [0.15, 0.2) is 0 Å². The lowest BCUT2D eigenvalue weighted by Crippen LogP contribution is -2.41. The van der Waals surface area contributed by atoms with Crippen LogP contribution in [-0.2, 0) is 0 Å². The van der Waals surface area contributed by atoms with Crippen LogP contribution in [0.15, 0.2) is 0 Å². The van der Waals surface area contributed by atoms with E-state index < -0.39 is 11.7 Å². The predicted octanol–water partition coefficient (Wildman–Crippen LogP) is 1.55. The Morgan fingerprint density at radius 2 is 1.55 bits per heavy atom. The summed E-state index contributed by atoms with van der Waals surface area (Å²) in [5.41, 5.74) is -0.962. The first-order chi connectivity index (χ1) is 4.93. The highest BCUT2D eigenvalue weighted by atomic mass is 16.3. The van der Waals surface area contributed by atoms with E-state index >= 15 is 0 Å². The molecular formula is C9H20O2. The van der Waals surface area contributed by atoms with Crippen molar-refractivity contribution in [3.63, 3.8) is 0 Å². The molecule has 1 atom stereocenters. The van der Waals surface area contributed by atoms with Crippen molar-refractivity contribution in [3.8, 4) is 0 Å². The first-order valence-electron chi connectivity index (χ1n) is 4.33. The Bertz CT molecular complexity index is 101. The van der Waals surface area contributed by atoms with Crippen LogP contribution in [-0.4, -0.2) is 21.9 Å². The van der Waals surface area contributed by atoms with Crippen molar-refractivity contribution in [3.05, 3.63) is 0 Å².